The average Bonchev–Trinajstić information content (AvgIpc) is 2.42. The Morgan fingerprint density at radius 3 is 2.35 bits per heavy atom. The Hall–Kier alpha value is -0.410. The number of hydrogen-bond acceptors (Lipinski definition) is 3. The minimum absolute atomic E-state index is 0.219. The van der Waals surface area contributed by atoms with Gasteiger partial charge in [-0.3, -0.25) is 4.79 Å². The summed E-state index contributed by atoms with van der Waals surface area (Å²) in [4.78, 5) is 12.1. The molecule has 0 aliphatic carbocycles. The van der Waals surface area contributed by atoms with Gasteiger partial charge < -0.3 is 9.47 Å². The number of ether oxygens (including phenoxy) is 2. The fraction of sp³-hybridized carbons (Fsp3) is 0.941. The second-order valence-corrected chi connectivity index (χ2v) is 6.04. The average molecular weight is 286 g/mol. The first-order valence-corrected chi connectivity index (χ1v) is 8.22. The normalized spacial score (nSPS) is 13.4. The molecule has 0 saturated carbocycles. The zero-order valence-corrected chi connectivity index (χ0v) is 14.2. The third-order valence-electron chi connectivity index (χ3n) is 3.66. The number of rotatable bonds is 13. The lowest BCUT2D eigenvalue weighted by atomic mass is 9.98. The summed E-state index contributed by atoms with van der Waals surface area (Å²) in [7, 11) is 0. The van der Waals surface area contributed by atoms with Gasteiger partial charge in [-0.2, -0.15) is 0 Å². The van der Waals surface area contributed by atoms with Crippen molar-refractivity contribution in [2.45, 2.75) is 91.3 Å². The molecular formula is C17H34O3. The predicted molar refractivity (Wildman–Crippen MR) is 84.1 cm³/mol. The van der Waals surface area contributed by atoms with Crippen molar-refractivity contribution in [3.63, 3.8) is 0 Å². The number of Topliss-reactive ketones (excluding diaryl/α,β-unsaturated/α-hetero) is 1. The zero-order chi connectivity index (χ0) is 15.4. The van der Waals surface area contributed by atoms with Gasteiger partial charge in [0.1, 0.15) is 5.60 Å². The van der Waals surface area contributed by atoms with E-state index in [-0.39, 0.29) is 5.78 Å². The minimum Gasteiger partial charge on any atom is -0.379 e. The van der Waals surface area contributed by atoms with Gasteiger partial charge in [-0.1, -0.05) is 26.7 Å². The molecule has 0 fully saturated rings. The van der Waals surface area contributed by atoms with Crippen LogP contribution in [0.3, 0.4) is 0 Å². The van der Waals surface area contributed by atoms with Crippen LogP contribution < -0.4 is 0 Å². The van der Waals surface area contributed by atoms with Crippen LogP contribution in [0.2, 0.25) is 0 Å². The van der Waals surface area contributed by atoms with Crippen molar-refractivity contribution in [2.75, 3.05) is 13.2 Å². The number of ketones is 1. The fourth-order valence-electron chi connectivity index (χ4n) is 1.82. The topological polar surface area (TPSA) is 35.5 Å². The van der Waals surface area contributed by atoms with Crippen LogP contribution in [0.25, 0.3) is 0 Å². The lowest BCUT2D eigenvalue weighted by Crippen LogP contribution is -2.35. The Balaban J connectivity index is 3.65. The molecule has 0 bridgehead atoms. The van der Waals surface area contributed by atoms with Crippen LogP contribution in [-0.4, -0.2) is 30.7 Å². The molecule has 0 spiro atoms. The first-order chi connectivity index (χ1) is 9.44. The van der Waals surface area contributed by atoms with Gasteiger partial charge >= 0.3 is 0 Å². The Morgan fingerprint density at radius 1 is 1.05 bits per heavy atom. The molecule has 20 heavy (non-hydrogen) atoms. The minimum atomic E-state index is -0.623. The third-order valence-corrected chi connectivity index (χ3v) is 3.66. The molecule has 0 rings (SSSR count). The van der Waals surface area contributed by atoms with E-state index in [1.165, 1.54) is 0 Å². The van der Waals surface area contributed by atoms with Crippen LogP contribution in [0.1, 0.15) is 79.6 Å². The summed E-state index contributed by atoms with van der Waals surface area (Å²) in [5, 5.41) is 0. The molecule has 1 atom stereocenters. The molecular weight excluding hydrogens is 252 g/mol. The van der Waals surface area contributed by atoms with E-state index in [2.05, 4.69) is 20.8 Å². The molecule has 0 aromatic heterocycles. The molecule has 0 aliphatic heterocycles. The number of carbonyl (C=O) groups excluding carboxylic acids is 1. The molecule has 0 aliphatic rings. The molecule has 1 unspecified atom stereocenters. The van der Waals surface area contributed by atoms with Gasteiger partial charge in [0, 0.05) is 19.6 Å². The van der Waals surface area contributed by atoms with Crippen LogP contribution >= 0.6 is 0 Å². The van der Waals surface area contributed by atoms with Crippen molar-refractivity contribution in [2.24, 2.45) is 0 Å². The summed E-state index contributed by atoms with van der Waals surface area (Å²) in [6.07, 6.45) is 7.15. The summed E-state index contributed by atoms with van der Waals surface area (Å²) in [5.74, 6) is 0.219. The standard InChI is InChI=1S/C17H34O3/c1-6-8-14-20-17(4,5)16(18)12-10-9-11-13-19-15(3)7-2/h15H,6-14H2,1-5H3. The molecule has 0 heterocycles. The largest absolute Gasteiger partial charge is 0.379 e. The van der Waals surface area contributed by atoms with E-state index in [4.69, 9.17) is 9.47 Å². The lowest BCUT2D eigenvalue weighted by Gasteiger charge is -2.23. The number of hydrogen-bond donors (Lipinski definition) is 0. The summed E-state index contributed by atoms with van der Waals surface area (Å²) in [6.45, 7) is 11.6. The lowest BCUT2D eigenvalue weighted by molar-refractivity contribution is -0.140. The van der Waals surface area contributed by atoms with E-state index in [0.29, 0.717) is 19.1 Å². The van der Waals surface area contributed by atoms with Gasteiger partial charge in [-0.05, 0) is 46.5 Å². The van der Waals surface area contributed by atoms with Crippen molar-refractivity contribution in [1.82, 2.24) is 0 Å². The molecule has 0 N–H and O–H groups in total. The summed E-state index contributed by atoms with van der Waals surface area (Å²) >= 11 is 0. The molecule has 0 amide bonds. The van der Waals surface area contributed by atoms with Gasteiger partial charge in [0.2, 0.25) is 0 Å². The SMILES string of the molecule is CCCCOC(C)(C)C(=O)CCCCCOC(C)CC. The molecule has 0 radical (unpaired) electrons. The number of unbranched alkanes of at least 4 members (excludes halogenated alkanes) is 3. The van der Waals surface area contributed by atoms with Gasteiger partial charge in [0.05, 0.1) is 6.10 Å². The van der Waals surface area contributed by atoms with Crippen LogP contribution in [0, 0.1) is 0 Å². The Labute approximate surface area is 125 Å². The molecule has 3 heteroatoms. The Kier molecular flexibility index (Phi) is 11.0. The van der Waals surface area contributed by atoms with Gasteiger partial charge in [-0.15, -0.1) is 0 Å². The van der Waals surface area contributed by atoms with Crippen molar-refractivity contribution < 1.29 is 14.3 Å². The second-order valence-electron chi connectivity index (χ2n) is 6.04. The maximum atomic E-state index is 12.1. The summed E-state index contributed by atoms with van der Waals surface area (Å²) in [6, 6.07) is 0. The first kappa shape index (κ1) is 19.6. The van der Waals surface area contributed by atoms with E-state index in [1.807, 2.05) is 13.8 Å². The Bertz CT molecular complexity index is 249. The smallest absolute Gasteiger partial charge is 0.164 e. The quantitative estimate of drug-likeness (QED) is 0.467. The highest BCUT2D eigenvalue weighted by atomic mass is 16.5. The second kappa shape index (κ2) is 11.3. The van der Waals surface area contributed by atoms with Crippen molar-refractivity contribution in [3.8, 4) is 0 Å². The van der Waals surface area contributed by atoms with E-state index in [1.54, 1.807) is 0 Å². The van der Waals surface area contributed by atoms with Crippen LogP contribution in [0.4, 0.5) is 0 Å². The van der Waals surface area contributed by atoms with Crippen LogP contribution in [0.15, 0.2) is 0 Å². The zero-order valence-electron chi connectivity index (χ0n) is 14.2. The molecule has 3 nitrogen and oxygen atoms in total. The van der Waals surface area contributed by atoms with Gasteiger partial charge in [0.15, 0.2) is 5.78 Å². The van der Waals surface area contributed by atoms with E-state index >= 15 is 0 Å². The van der Waals surface area contributed by atoms with Crippen molar-refractivity contribution in [3.05, 3.63) is 0 Å². The third kappa shape index (κ3) is 9.49. The maximum Gasteiger partial charge on any atom is 0.164 e. The van der Waals surface area contributed by atoms with Gasteiger partial charge in [0.25, 0.3) is 0 Å². The van der Waals surface area contributed by atoms with Crippen molar-refractivity contribution in [1.29, 1.82) is 0 Å². The monoisotopic (exact) mass is 286 g/mol. The summed E-state index contributed by atoms with van der Waals surface area (Å²) in [5.41, 5.74) is -0.623. The van der Waals surface area contributed by atoms with Crippen LogP contribution in [0.5, 0.6) is 0 Å². The molecule has 0 aromatic rings. The highest BCUT2D eigenvalue weighted by Gasteiger charge is 2.27. The van der Waals surface area contributed by atoms with E-state index in [0.717, 1.165) is 45.1 Å². The molecule has 0 saturated heterocycles. The molecule has 0 aromatic carbocycles. The molecule has 120 valence electrons. The first-order valence-electron chi connectivity index (χ1n) is 8.22. The fourth-order valence-corrected chi connectivity index (χ4v) is 1.82. The van der Waals surface area contributed by atoms with Gasteiger partial charge in [-0.25, -0.2) is 0 Å². The van der Waals surface area contributed by atoms with E-state index in [9.17, 15) is 4.79 Å². The highest BCUT2D eigenvalue weighted by molar-refractivity contribution is 5.86. The van der Waals surface area contributed by atoms with Crippen molar-refractivity contribution >= 4 is 5.78 Å². The van der Waals surface area contributed by atoms with E-state index < -0.39 is 5.60 Å². The Morgan fingerprint density at radius 2 is 1.75 bits per heavy atom. The maximum absolute atomic E-state index is 12.1. The summed E-state index contributed by atoms with van der Waals surface area (Å²) < 4.78 is 11.3. The predicted octanol–water partition coefficient (Wildman–Crippen LogP) is 4.53. The number of carbonyl (C=O) groups is 1. The highest BCUT2D eigenvalue weighted by Crippen LogP contribution is 2.16. The van der Waals surface area contributed by atoms with Crippen LogP contribution in [-0.2, 0) is 14.3 Å².